The maximum atomic E-state index is 8.84. The van der Waals surface area contributed by atoms with Gasteiger partial charge in [0.2, 0.25) is 0 Å². The number of amidine groups is 1. The van der Waals surface area contributed by atoms with Crippen LogP contribution in [0.1, 0.15) is 37.3 Å². The molecule has 1 rings (SSSR count). The highest BCUT2D eigenvalue weighted by Gasteiger charge is 2.11. The zero-order valence-electron chi connectivity index (χ0n) is 11.5. The average Bonchev–Trinajstić information content (AvgIpc) is 2.37. The molecule has 0 amide bonds. The minimum Gasteiger partial charge on any atom is -0.409 e. The van der Waals surface area contributed by atoms with Crippen LogP contribution in [-0.4, -0.2) is 24.6 Å². The van der Waals surface area contributed by atoms with Crippen LogP contribution >= 0.6 is 0 Å². The number of anilines is 1. The van der Waals surface area contributed by atoms with Gasteiger partial charge in [0, 0.05) is 24.8 Å². The molecule has 4 nitrogen and oxygen atoms in total. The van der Waals surface area contributed by atoms with E-state index in [0.717, 1.165) is 29.8 Å². The molecule has 0 radical (unpaired) electrons. The van der Waals surface area contributed by atoms with E-state index in [2.05, 4.69) is 17.0 Å². The van der Waals surface area contributed by atoms with Crippen LogP contribution in [0.2, 0.25) is 0 Å². The Morgan fingerprint density at radius 3 is 2.72 bits per heavy atom. The standard InChI is InChI=1S/C14H23N3O/c1-4-5-6-9-17(3)13-8-7-11(2)10-12(13)14(15)16-18/h7-8,10,18H,4-6,9H2,1-3H3,(H2,15,16). The van der Waals surface area contributed by atoms with Crippen LogP contribution in [0.4, 0.5) is 5.69 Å². The van der Waals surface area contributed by atoms with Crippen molar-refractivity contribution >= 4 is 11.5 Å². The van der Waals surface area contributed by atoms with E-state index in [-0.39, 0.29) is 5.84 Å². The predicted molar refractivity (Wildman–Crippen MR) is 76.5 cm³/mol. The molecular weight excluding hydrogens is 226 g/mol. The summed E-state index contributed by atoms with van der Waals surface area (Å²) in [6, 6.07) is 6.01. The Hall–Kier alpha value is -1.71. The van der Waals surface area contributed by atoms with Crippen LogP contribution in [0.5, 0.6) is 0 Å². The number of oxime groups is 1. The molecule has 0 fully saturated rings. The van der Waals surface area contributed by atoms with E-state index in [4.69, 9.17) is 10.9 Å². The summed E-state index contributed by atoms with van der Waals surface area (Å²) < 4.78 is 0. The highest BCUT2D eigenvalue weighted by Crippen LogP contribution is 2.21. The molecule has 0 aromatic heterocycles. The van der Waals surface area contributed by atoms with Crippen LogP contribution in [0.25, 0.3) is 0 Å². The monoisotopic (exact) mass is 249 g/mol. The van der Waals surface area contributed by atoms with Gasteiger partial charge in [0.15, 0.2) is 5.84 Å². The SMILES string of the molecule is CCCCCN(C)c1ccc(C)cc1/C(N)=N/O. The third-order valence-electron chi connectivity index (χ3n) is 3.04. The van der Waals surface area contributed by atoms with Crippen molar-refractivity contribution in [2.45, 2.75) is 33.1 Å². The molecule has 1 aromatic rings. The Kier molecular flexibility index (Phi) is 5.49. The summed E-state index contributed by atoms with van der Waals surface area (Å²) in [5, 5.41) is 12.0. The van der Waals surface area contributed by atoms with E-state index in [0.29, 0.717) is 0 Å². The first-order valence-electron chi connectivity index (χ1n) is 6.39. The largest absolute Gasteiger partial charge is 0.409 e. The van der Waals surface area contributed by atoms with Crippen LogP contribution in [0.3, 0.4) is 0 Å². The topological polar surface area (TPSA) is 61.8 Å². The van der Waals surface area contributed by atoms with Gasteiger partial charge in [-0.3, -0.25) is 0 Å². The molecule has 4 heteroatoms. The highest BCUT2D eigenvalue weighted by atomic mass is 16.4. The van der Waals surface area contributed by atoms with Crippen LogP contribution in [0, 0.1) is 6.92 Å². The van der Waals surface area contributed by atoms with Gasteiger partial charge in [0.25, 0.3) is 0 Å². The Bertz CT molecular complexity index is 416. The van der Waals surface area contributed by atoms with Crippen molar-refractivity contribution in [2.75, 3.05) is 18.5 Å². The van der Waals surface area contributed by atoms with E-state index in [1.165, 1.54) is 12.8 Å². The smallest absolute Gasteiger partial charge is 0.172 e. The molecule has 0 heterocycles. The fourth-order valence-electron chi connectivity index (χ4n) is 1.96. The van der Waals surface area contributed by atoms with Crippen molar-refractivity contribution in [3.63, 3.8) is 0 Å². The van der Waals surface area contributed by atoms with Gasteiger partial charge in [-0.1, -0.05) is 36.6 Å². The summed E-state index contributed by atoms with van der Waals surface area (Å²) in [4.78, 5) is 2.16. The summed E-state index contributed by atoms with van der Waals surface area (Å²) in [5.74, 6) is 0.163. The Balaban J connectivity index is 2.93. The first kappa shape index (κ1) is 14.4. The van der Waals surface area contributed by atoms with E-state index in [1.54, 1.807) is 0 Å². The number of nitrogens with two attached hydrogens (primary N) is 1. The molecule has 3 N–H and O–H groups in total. The number of hydrogen-bond donors (Lipinski definition) is 2. The van der Waals surface area contributed by atoms with Gasteiger partial charge in [-0.05, 0) is 25.5 Å². The van der Waals surface area contributed by atoms with E-state index < -0.39 is 0 Å². The number of aryl methyl sites for hydroxylation is 1. The molecule has 18 heavy (non-hydrogen) atoms. The maximum Gasteiger partial charge on any atom is 0.172 e. The first-order valence-corrected chi connectivity index (χ1v) is 6.39. The maximum absolute atomic E-state index is 8.84. The Morgan fingerprint density at radius 1 is 1.39 bits per heavy atom. The molecule has 0 aliphatic heterocycles. The second kappa shape index (κ2) is 6.89. The van der Waals surface area contributed by atoms with Gasteiger partial charge in [0.05, 0.1) is 0 Å². The van der Waals surface area contributed by atoms with E-state index in [9.17, 15) is 0 Å². The molecule has 0 bridgehead atoms. The molecule has 0 aliphatic carbocycles. The lowest BCUT2D eigenvalue weighted by Gasteiger charge is -2.22. The van der Waals surface area contributed by atoms with Crippen molar-refractivity contribution in [2.24, 2.45) is 10.9 Å². The third kappa shape index (κ3) is 3.65. The van der Waals surface area contributed by atoms with Gasteiger partial charge >= 0.3 is 0 Å². The summed E-state index contributed by atoms with van der Waals surface area (Å²) in [6.45, 7) is 5.16. The molecule has 0 unspecified atom stereocenters. The van der Waals surface area contributed by atoms with Crippen molar-refractivity contribution < 1.29 is 5.21 Å². The Morgan fingerprint density at radius 2 is 2.11 bits per heavy atom. The molecule has 0 atom stereocenters. The lowest BCUT2D eigenvalue weighted by Crippen LogP contribution is -2.24. The van der Waals surface area contributed by atoms with E-state index >= 15 is 0 Å². The molecule has 0 saturated heterocycles. The minimum atomic E-state index is 0.163. The fourth-order valence-corrected chi connectivity index (χ4v) is 1.96. The fraction of sp³-hybridized carbons (Fsp3) is 0.500. The van der Waals surface area contributed by atoms with Gasteiger partial charge in [-0.25, -0.2) is 0 Å². The van der Waals surface area contributed by atoms with Crippen molar-refractivity contribution in [3.8, 4) is 0 Å². The highest BCUT2D eigenvalue weighted by molar-refractivity contribution is 6.02. The lowest BCUT2D eigenvalue weighted by atomic mass is 10.1. The normalized spacial score (nSPS) is 11.6. The number of nitrogens with zero attached hydrogens (tertiary/aromatic N) is 2. The van der Waals surface area contributed by atoms with Crippen molar-refractivity contribution in [1.82, 2.24) is 0 Å². The molecule has 0 aliphatic rings. The predicted octanol–water partition coefficient (Wildman–Crippen LogP) is 2.72. The first-order chi connectivity index (χ1) is 8.60. The van der Waals surface area contributed by atoms with Crippen LogP contribution in [-0.2, 0) is 0 Å². The van der Waals surface area contributed by atoms with Gasteiger partial charge < -0.3 is 15.8 Å². The van der Waals surface area contributed by atoms with Gasteiger partial charge in [0.1, 0.15) is 0 Å². The van der Waals surface area contributed by atoms with Crippen LogP contribution in [0.15, 0.2) is 23.4 Å². The van der Waals surface area contributed by atoms with Gasteiger partial charge in [-0.2, -0.15) is 0 Å². The van der Waals surface area contributed by atoms with Crippen molar-refractivity contribution in [3.05, 3.63) is 29.3 Å². The number of benzene rings is 1. The molecule has 0 spiro atoms. The quantitative estimate of drug-likeness (QED) is 0.268. The summed E-state index contributed by atoms with van der Waals surface area (Å²) >= 11 is 0. The average molecular weight is 249 g/mol. The Labute approximate surface area is 109 Å². The number of unbranched alkanes of at least 4 members (excludes halogenated alkanes) is 2. The minimum absolute atomic E-state index is 0.163. The zero-order chi connectivity index (χ0) is 13.5. The van der Waals surface area contributed by atoms with Crippen molar-refractivity contribution in [1.29, 1.82) is 0 Å². The lowest BCUT2D eigenvalue weighted by molar-refractivity contribution is 0.318. The second-order valence-corrected chi connectivity index (χ2v) is 4.63. The summed E-state index contributed by atoms with van der Waals surface area (Å²) in [5.41, 5.74) is 8.62. The van der Waals surface area contributed by atoms with Crippen LogP contribution < -0.4 is 10.6 Å². The number of rotatable bonds is 6. The molecule has 1 aromatic carbocycles. The zero-order valence-corrected chi connectivity index (χ0v) is 11.5. The molecule has 0 saturated carbocycles. The second-order valence-electron chi connectivity index (χ2n) is 4.63. The van der Waals surface area contributed by atoms with Gasteiger partial charge in [-0.15, -0.1) is 0 Å². The number of hydrogen-bond acceptors (Lipinski definition) is 3. The third-order valence-corrected chi connectivity index (χ3v) is 3.04. The molecule has 100 valence electrons. The molecular formula is C14H23N3O. The summed E-state index contributed by atoms with van der Waals surface area (Å²) in [6.07, 6.45) is 3.57. The summed E-state index contributed by atoms with van der Waals surface area (Å²) in [7, 11) is 2.04. The van der Waals surface area contributed by atoms with E-state index in [1.807, 2.05) is 32.2 Å².